The Bertz CT molecular complexity index is 945. The Morgan fingerprint density at radius 3 is 2.70 bits per heavy atom. The highest BCUT2D eigenvalue weighted by molar-refractivity contribution is 5.76. The summed E-state index contributed by atoms with van der Waals surface area (Å²) in [5.41, 5.74) is 0.715. The number of hydrogen-bond donors (Lipinski definition) is 1. The highest BCUT2D eigenvalue weighted by Crippen LogP contribution is 2.14. The molecule has 0 atom stereocenters. The molecule has 10 nitrogen and oxygen atoms in total. The van der Waals surface area contributed by atoms with Gasteiger partial charge in [-0.15, -0.1) is 0 Å². The molecule has 1 saturated heterocycles. The van der Waals surface area contributed by atoms with Gasteiger partial charge < -0.3 is 19.3 Å². The van der Waals surface area contributed by atoms with Gasteiger partial charge in [0.15, 0.2) is 0 Å². The molecule has 3 rings (SSSR count). The van der Waals surface area contributed by atoms with Crippen LogP contribution < -0.4 is 15.2 Å². The van der Waals surface area contributed by atoms with Crippen LogP contribution in [0.2, 0.25) is 0 Å². The van der Waals surface area contributed by atoms with Crippen molar-refractivity contribution in [3.8, 4) is 11.8 Å². The first-order valence-electron chi connectivity index (χ1n) is 9.72. The molecule has 1 fully saturated rings. The number of carbonyl (C=O) groups excluding carboxylic acids is 1. The summed E-state index contributed by atoms with van der Waals surface area (Å²) in [7, 11) is 0. The fraction of sp³-hybridized carbons (Fsp3) is 0.450. The first-order chi connectivity index (χ1) is 14.6. The number of nitrogens with one attached hydrogen (secondary N) is 1. The van der Waals surface area contributed by atoms with Crippen molar-refractivity contribution in [1.82, 2.24) is 20.1 Å². The smallest absolute Gasteiger partial charge is 0.270 e. The van der Waals surface area contributed by atoms with Crippen LogP contribution in [0.4, 0.5) is 5.82 Å². The summed E-state index contributed by atoms with van der Waals surface area (Å²) in [5.74, 6) is 1.29. The number of nitriles is 1. The van der Waals surface area contributed by atoms with Crippen molar-refractivity contribution in [2.24, 2.45) is 0 Å². The number of H-pyrrole nitrogens is 1. The summed E-state index contributed by atoms with van der Waals surface area (Å²) in [4.78, 5) is 32.0. The van der Waals surface area contributed by atoms with E-state index < -0.39 is 0 Å². The predicted molar refractivity (Wildman–Crippen MR) is 108 cm³/mol. The molecule has 1 amide bonds. The molecule has 0 radical (unpaired) electrons. The third-order valence-corrected chi connectivity index (χ3v) is 4.84. The lowest BCUT2D eigenvalue weighted by atomic mass is 10.2. The Morgan fingerprint density at radius 2 is 2.00 bits per heavy atom. The first kappa shape index (κ1) is 21.3. The van der Waals surface area contributed by atoms with Crippen molar-refractivity contribution in [2.45, 2.75) is 13.3 Å². The van der Waals surface area contributed by atoms with Gasteiger partial charge in [-0.05, 0) is 19.1 Å². The average Bonchev–Trinajstić information content (AvgIpc) is 2.79. The third kappa shape index (κ3) is 5.55. The van der Waals surface area contributed by atoms with E-state index in [1.807, 2.05) is 11.0 Å². The van der Waals surface area contributed by atoms with Crippen LogP contribution in [0.25, 0.3) is 0 Å². The van der Waals surface area contributed by atoms with Crippen molar-refractivity contribution < 1.29 is 14.3 Å². The highest BCUT2D eigenvalue weighted by Gasteiger charge is 2.21. The number of pyridine rings is 1. The van der Waals surface area contributed by atoms with Gasteiger partial charge in [-0.25, -0.2) is 10.1 Å². The monoisotopic (exact) mass is 412 g/mol. The van der Waals surface area contributed by atoms with Crippen LogP contribution in [0.3, 0.4) is 0 Å². The minimum atomic E-state index is -0.283. The Labute approximate surface area is 174 Å². The summed E-state index contributed by atoms with van der Waals surface area (Å²) < 4.78 is 11.0. The Balaban J connectivity index is 1.31. The summed E-state index contributed by atoms with van der Waals surface area (Å²) in [6, 6.07) is 5.63. The van der Waals surface area contributed by atoms with Gasteiger partial charge in [-0.1, -0.05) is 0 Å². The van der Waals surface area contributed by atoms with Crippen LogP contribution >= 0.6 is 0 Å². The van der Waals surface area contributed by atoms with Crippen LogP contribution in [-0.2, 0) is 9.53 Å². The zero-order valence-corrected chi connectivity index (χ0v) is 16.8. The topological polar surface area (TPSA) is 124 Å². The highest BCUT2D eigenvalue weighted by atomic mass is 16.5. The number of piperazine rings is 1. The summed E-state index contributed by atoms with van der Waals surface area (Å²) in [6.45, 7) is 5.20. The number of aromatic amines is 1. The summed E-state index contributed by atoms with van der Waals surface area (Å²) in [6.07, 6.45) is 3.32. The molecule has 1 aliphatic heterocycles. The molecular formula is C20H24N6O4. The molecular weight excluding hydrogens is 388 g/mol. The second-order valence-electron chi connectivity index (χ2n) is 6.78. The van der Waals surface area contributed by atoms with E-state index in [4.69, 9.17) is 14.7 Å². The van der Waals surface area contributed by atoms with Gasteiger partial charge in [0, 0.05) is 32.4 Å². The van der Waals surface area contributed by atoms with Gasteiger partial charge in [0.1, 0.15) is 24.2 Å². The second-order valence-corrected chi connectivity index (χ2v) is 6.78. The lowest BCUT2D eigenvalue weighted by Gasteiger charge is -2.35. The van der Waals surface area contributed by atoms with Crippen molar-refractivity contribution >= 4 is 11.7 Å². The fourth-order valence-corrected chi connectivity index (χ4v) is 3.04. The number of nitrogens with zero attached hydrogens (tertiary/aromatic N) is 5. The maximum absolute atomic E-state index is 12.4. The number of anilines is 1. The maximum Gasteiger partial charge on any atom is 0.270 e. The molecule has 0 unspecified atom stereocenters. The number of aromatic nitrogens is 3. The molecule has 0 spiro atoms. The third-order valence-electron chi connectivity index (χ3n) is 4.84. The number of amides is 1. The van der Waals surface area contributed by atoms with E-state index in [1.165, 1.54) is 6.20 Å². The van der Waals surface area contributed by atoms with E-state index >= 15 is 0 Å². The molecule has 2 aromatic heterocycles. The molecule has 0 aromatic carbocycles. The van der Waals surface area contributed by atoms with Crippen LogP contribution in [0.1, 0.15) is 17.5 Å². The molecule has 10 heteroatoms. The van der Waals surface area contributed by atoms with E-state index in [-0.39, 0.29) is 18.1 Å². The van der Waals surface area contributed by atoms with E-state index in [0.29, 0.717) is 62.7 Å². The predicted octanol–water partition coefficient (Wildman–Crippen LogP) is 0.479. The standard InChI is InChI=1S/C20H24N6O4/c1-15-17(14-23-24-20(15)28)30-11-10-29-9-4-19(27)26-7-5-25(6-8-26)18-3-2-16(12-21)13-22-18/h2-3,13-14H,4-11H2,1H3,(H,24,28). The molecule has 158 valence electrons. The molecule has 0 aliphatic carbocycles. The number of ether oxygens (including phenoxy) is 2. The SMILES string of the molecule is Cc1c(OCCOCCC(=O)N2CCN(c3ccc(C#N)cn3)CC2)cn[nH]c1=O. The van der Waals surface area contributed by atoms with Gasteiger partial charge in [-0.3, -0.25) is 9.59 Å². The minimum Gasteiger partial charge on any atom is -0.489 e. The maximum atomic E-state index is 12.4. The summed E-state index contributed by atoms with van der Waals surface area (Å²) >= 11 is 0. The number of carbonyl (C=O) groups is 1. The molecule has 0 saturated carbocycles. The molecule has 2 aromatic rings. The van der Waals surface area contributed by atoms with Crippen molar-refractivity contribution in [3.63, 3.8) is 0 Å². The van der Waals surface area contributed by atoms with E-state index in [9.17, 15) is 9.59 Å². The van der Waals surface area contributed by atoms with Crippen LogP contribution in [0, 0.1) is 18.3 Å². The van der Waals surface area contributed by atoms with Gasteiger partial charge in [0.25, 0.3) is 5.56 Å². The van der Waals surface area contributed by atoms with E-state index in [1.54, 1.807) is 19.2 Å². The van der Waals surface area contributed by atoms with Gasteiger partial charge in [-0.2, -0.15) is 10.4 Å². The minimum absolute atomic E-state index is 0.0537. The van der Waals surface area contributed by atoms with Crippen LogP contribution in [0.5, 0.6) is 5.75 Å². The van der Waals surface area contributed by atoms with E-state index in [2.05, 4.69) is 26.2 Å². The molecule has 1 aliphatic rings. The Morgan fingerprint density at radius 1 is 1.20 bits per heavy atom. The molecule has 3 heterocycles. The van der Waals surface area contributed by atoms with Gasteiger partial charge in [0.05, 0.1) is 37.0 Å². The molecule has 0 bridgehead atoms. The zero-order chi connectivity index (χ0) is 21.3. The van der Waals surface area contributed by atoms with Gasteiger partial charge in [0.2, 0.25) is 5.91 Å². The lowest BCUT2D eigenvalue weighted by Crippen LogP contribution is -2.49. The number of rotatable bonds is 8. The van der Waals surface area contributed by atoms with Crippen molar-refractivity contribution in [3.05, 3.63) is 46.0 Å². The largest absolute Gasteiger partial charge is 0.489 e. The van der Waals surface area contributed by atoms with Crippen LogP contribution in [0.15, 0.2) is 29.3 Å². The second kappa shape index (κ2) is 10.4. The Hall–Kier alpha value is -3.45. The van der Waals surface area contributed by atoms with Gasteiger partial charge >= 0.3 is 0 Å². The number of hydrogen-bond acceptors (Lipinski definition) is 8. The van der Waals surface area contributed by atoms with Crippen LogP contribution in [-0.4, -0.2) is 72.0 Å². The van der Waals surface area contributed by atoms with E-state index in [0.717, 1.165) is 5.82 Å². The average molecular weight is 412 g/mol. The van der Waals surface area contributed by atoms with Crippen molar-refractivity contribution in [2.75, 3.05) is 50.9 Å². The normalized spacial score (nSPS) is 13.7. The summed E-state index contributed by atoms with van der Waals surface area (Å²) in [5, 5.41) is 14.9. The molecule has 1 N–H and O–H groups in total. The fourth-order valence-electron chi connectivity index (χ4n) is 3.04. The van der Waals surface area contributed by atoms with Crippen molar-refractivity contribution in [1.29, 1.82) is 5.26 Å². The molecule has 30 heavy (non-hydrogen) atoms. The quantitative estimate of drug-likeness (QED) is 0.621. The first-order valence-corrected chi connectivity index (χ1v) is 9.72. The Kier molecular flexibility index (Phi) is 7.34. The lowest BCUT2D eigenvalue weighted by molar-refractivity contribution is -0.132. The zero-order valence-electron chi connectivity index (χ0n) is 16.8.